The number of aromatic nitrogens is 1. The first-order valence-electron chi connectivity index (χ1n) is 8.78. The number of thiazole rings is 1. The molecule has 5 nitrogen and oxygen atoms in total. The van der Waals surface area contributed by atoms with Crippen molar-refractivity contribution < 1.29 is 32.2 Å². The molecule has 2 aromatic carbocycles. The summed E-state index contributed by atoms with van der Waals surface area (Å²) >= 11 is 1.39. The number of methoxy groups -OCH3 is 2. The summed E-state index contributed by atoms with van der Waals surface area (Å²) in [4.78, 5) is 16.4. The third-order valence-corrected chi connectivity index (χ3v) is 5.13. The van der Waals surface area contributed by atoms with Crippen LogP contribution in [-0.4, -0.2) is 25.2 Å². The second-order valence-electron chi connectivity index (χ2n) is 6.25. The molecule has 3 rings (SSSR count). The van der Waals surface area contributed by atoms with Crippen LogP contribution >= 0.6 is 11.3 Å². The van der Waals surface area contributed by atoms with E-state index in [-0.39, 0.29) is 13.0 Å². The maximum atomic E-state index is 12.6. The van der Waals surface area contributed by atoms with Gasteiger partial charge in [0.25, 0.3) is 0 Å². The molecule has 0 spiro atoms. The number of esters is 1. The molecule has 0 aliphatic rings. The molecule has 0 unspecified atom stereocenters. The van der Waals surface area contributed by atoms with Gasteiger partial charge in [0, 0.05) is 10.9 Å². The maximum Gasteiger partial charge on any atom is 0.416 e. The second-order valence-corrected chi connectivity index (χ2v) is 7.10. The van der Waals surface area contributed by atoms with Gasteiger partial charge >= 0.3 is 12.1 Å². The molecule has 0 radical (unpaired) electrons. The highest BCUT2D eigenvalue weighted by Gasteiger charge is 2.30. The summed E-state index contributed by atoms with van der Waals surface area (Å²) in [5, 5.41) is 2.50. The third kappa shape index (κ3) is 5.29. The number of alkyl halides is 3. The first kappa shape index (κ1) is 21.6. The summed E-state index contributed by atoms with van der Waals surface area (Å²) in [6, 6.07) is 9.85. The number of hydrogen-bond donors (Lipinski definition) is 0. The normalized spacial score (nSPS) is 11.2. The minimum Gasteiger partial charge on any atom is -0.493 e. The van der Waals surface area contributed by atoms with Crippen LogP contribution < -0.4 is 9.47 Å². The molecule has 1 aromatic heterocycles. The third-order valence-electron chi connectivity index (χ3n) is 4.19. The van der Waals surface area contributed by atoms with E-state index in [1.165, 1.54) is 23.5 Å². The van der Waals surface area contributed by atoms with Crippen LogP contribution in [0.4, 0.5) is 13.2 Å². The van der Waals surface area contributed by atoms with Crippen molar-refractivity contribution in [2.24, 2.45) is 0 Å². The molecule has 0 saturated carbocycles. The number of ether oxygens (including phenoxy) is 3. The van der Waals surface area contributed by atoms with Crippen molar-refractivity contribution in [3.63, 3.8) is 0 Å². The number of hydrogen-bond acceptors (Lipinski definition) is 6. The Morgan fingerprint density at radius 3 is 2.37 bits per heavy atom. The molecule has 0 amide bonds. The number of nitrogens with zero attached hydrogens (tertiary/aromatic N) is 1. The zero-order valence-corrected chi connectivity index (χ0v) is 17.0. The Morgan fingerprint density at radius 1 is 1.03 bits per heavy atom. The van der Waals surface area contributed by atoms with Gasteiger partial charge in [-0.2, -0.15) is 13.2 Å². The molecule has 3 aromatic rings. The lowest BCUT2D eigenvalue weighted by Gasteiger charge is -2.08. The van der Waals surface area contributed by atoms with E-state index in [1.54, 1.807) is 31.7 Å². The Hall–Kier alpha value is -3.07. The van der Waals surface area contributed by atoms with E-state index >= 15 is 0 Å². The van der Waals surface area contributed by atoms with Gasteiger partial charge in [0.15, 0.2) is 11.5 Å². The van der Waals surface area contributed by atoms with Gasteiger partial charge in [0.2, 0.25) is 0 Å². The van der Waals surface area contributed by atoms with E-state index in [2.05, 4.69) is 4.98 Å². The summed E-state index contributed by atoms with van der Waals surface area (Å²) < 4.78 is 53.5. The van der Waals surface area contributed by atoms with Gasteiger partial charge in [-0.05, 0) is 35.9 Å². The van der Waals surface area contributed by atoms with Crippen LogP contribution in [0.5, 0.6) is 11.5 Å². The van der Waals surface area contributed by atoms with Gasteiger partial charge < -0.3 is 14.2 Å². The molecule has 1 heterocycles. The number of carbonyl (C=O) groups is 1. The Bertz CT molecular complexity index is 1020. The van der Waals surface area contributed by atoms with Crippen molar-refractivity contribution >= 4 is 17.3 Å². The average molecular weight is 437 g/mol. The lowest BCUT2D eigenvalue weighted by Crippen LogP contribution is -2.09. The van der Waals surface area contributed by atoms with Crippen molar-refractivity contribution in [3.05, 3.63) is 64.7 Å². The largest absolute Gasteiger partial charge is 0.493 e. The molecule has 0 bridgehead atoms. The first-order chi connectivity index (χ1) is 14.3. The smallest absolute Gasteiger partial charge is 0.416 e. The summed E-state index contributed by atoms with van der Waals surface area (Å²) in [5.41, 5.74) is 1.09. The van der Waals surface area contributed by atoms with Gasteiger partial charge in [-0.15, -0.1) is 11.3 Å². The fourth-order valence-electron chi connectivity index (χ4n) is 2.66. The van der Waals surface area contributed by atoms with Crippen LogP contribution in [0.15, 0.2) is 47.8 Å². The van der Waals surface area contributed by atoms with Gasteiger partial charge in [0.05, 0.1) is 31.9 Å². The van der Waals surface area contributed by atoms with Crippen molar-refractivity contribution in [3.8, 4) is 22.1 Å². The van der Waals surface area contributed by atoms with Gasteiger partial charge in [-0.1, -0.05) is 12.1 Å². The predicted octanol–water partition coefficient (Wildman–Crippen LogP) is 5.13. The van der Waals surface area contributed by atoms with E-state index < -0.39 is 17.7 Å². The number of rotatable bonds is 7. The Labute approximate surface area is 175 Å². The van der Waals surface area contributed by atoms with E-state index in [0.29, 0.717) is 22.8 Å². The topological polar surface area (TPSA) is 57.7 Å². The summed E-state index contributed by atoms with van der Waals surface area (Å²) in [6.07, 6.45) is -4.53. The fourth-order valence-corrected chi connectivity index (χ4v) is 3.46. The summed E-state index contributed by atoms with van der Waals surface area (Å²) in [6.45, 7) is -0.0245. The standard InChI is InChI=1S/C21H18F3NO4S/c1-27-17-8-5-14(10-18(17)28-2)20-25-16(12-30-20)11-29-19(26)9-13-3-6-15(7-4-13)21(22,23)24/h3-8,10,12H,9,11H2,1-2H3. The van der Waals surface area contributed by atoms with Crippen LogP contribution in [0.2, 0.25) is 0 Å². The molecule has 158 valence electrons. The molecule has 0 fully saturated rings. The zero-order valence-electron chi connectivity index (χ0n) is 16.2. The van der Waals surface area contributed by atoms with Crippen LogP contribution in [0.3, 0.4) is 0 Å². The lowest BCUT2D eigenvalue weighted by molar-refractivity contribution is -0.144. The zero-order chi connectivity index (χ0) is 21.7. The molecule has 0 N–H and O–H groups in total. The number of halogens is 3. The van der Waals surface area contributed by atoms with E-state index in [1.807, 2.05) is 6.07 Å². The Kier molecular flexibility index (Phi) is 6.61. The summed E-state index contributed by atoms with van der Waals surface area (Å²) in [5.74, 6) is 0.639. The van der Waals surface area contributed by atoms with Crippen molar-refractivity contribution in [2.45, 2.75) is 19.2 Å². The fraction of sp³-hybridized carbons (Fsp3) is 0.238. The van der Waals surface area contributed by atoms with Gasteiger partial charge in [-0.25, -0.2) is 4.98 Å². The molecular formula is C21H18F3NO4S. The van der Waals surface area contributed by atoms with Crippen LogP contribution in [0.1, 0.15) is 16.8 Å². The number of carbonyl (C=O) groups excluding carboxylic acids is 1. The second kappa shape index (κ2) is 9.17. The minimum absolute atomic E-state index is 0.0245. The van der Waals surface area contributed by atoms with Crippen molar-refractivity contribution in [1.29, 1.82) is 0 Å². The molecular weight excluding hydrogens is 419 g/mol. The molecule has 30 heavy (non-hydrogen) atoms. The minimum atomic E-state index is -4.41. The molecule has 0 aliphatic carbocycles. The van der Waals surface area contributed by atoms with E-state index in [0.717, 1.165) is 22.7 Å². The number of benzene rings is 2. The van der Waals surface area contributed by atoms with Crippen LogP contribution in [-0.2, 0) is 28.7 Å². The van der Waals surface area contributed by atoms with Gasteiger partial charge in [-0.3, -0.25) is 4.79 Å². The monoisotopic (exact) mass is 437 g/mol. The quantitative estimate of drug-likeness (QED) is 0.480. The van der Waals surface area contributed by atoms with Crippen molar-refractivity contribution in [2.75, 3.05) is 14.2 Å². The van der Waals surface area contributed by atoms with E-state index in [4.69, 9.17) is 14.2 Å². The maximum absolute atomic E-state index is 12.6. The average Bonchev–Trinajstić information content (AvgIpc) is 3.20. The van der Waals surface area contributed by atoms with E-state index in [9.17, 15) is 18.0 Å². The highest BCUT2D eigenvalue weighted by molar-refractivity contribution is 7.13. The highest BCUT2D eigenvalue weighted by Crippen LogP contribution is 2.33. The molecule has 9 heteroatoms. The molecule has 0 saturated heterocycles. The molecule has 0 atom stereocenters. The van der Waals surface area contributed by atoms with Crippen molar-refractivity contribution in [1.82, 2.24) is 4.98 Å². The first-order valence-corrected chi connectivity index (χ1v) is 9.66. The van der Waals surface area contributed by atoms with Crippen LogP contribution in [0, 0.1) is 0 Å². The lowest BCUT2D eigenvalue weighted by atomic mass is 10.1. The Balaban J connectivity index is 1.58. The van der Waals surface area contributed by atoms with Crippen LogP contribution in [0.25, 0.3) is 10.6 Å². The van der Waals surface area contributed by atoms with Gasteiger partial charge in [0.1, 0.15) is 11.6 Å². The SMILES string of the molecule is COc1ccc(-c2nc(COC(=O)Cc3ccc(C(F)(F)F)cc3)cs2)cc1OC. The Morgan fingerprint density at radius 2 is 1.73 bits per heavy atom. The molecule has 0 aliphatic heterocycles. The summed E-state index contributed by atoms with van der Waals surface area (Å²) in [7, 11) is 3.10. The predicted molar refractivity (Wildman–Crippen MR) is 106 cm³/mol. The highest BCUT2D eigenvalue weighted by atomic mass is 32.1.